The van der Waals surface area contributed by atoms with E-state index in [1.54, 1.807) is 0 Å². The van der Waals surface area contributed by atoms with Gasteiger partial charge >= 0.3 is 0 Å². The van der Waals surface area contributed by atoms with Crippen molar-refractivity contribution in [2.75, 3.05) is 0 Å². The van der Waals surface area contributed by atoms with Crippen LogP contribution < -0.4 is 0 Å². The van der Waals surface area contributed by atoms with Gasteiger partial charge in [-0.25, -0.2) is 0 Å². The molecule has 134 valence electrons. The molecule has 0 saturated carbocycles. The van der Waals surface area contributed by atoms with Crippen molar-refractivity contribution in [1.82, 2.24) is 0 Å². The van der Waals surface area contributed by atoms with Crippen LogP contribution in [0.1, 0.15) is 33.4 Å². The van der Waals surface area contributed by atoms with Crippen LogP contribution in [0.25, 0.3) is 16.1 Å². The van der Waals surface area contributed by atoms with Crippen molar-refractivity contribution < 1.29 is 4.18 Å². The van der Waals surface area contributed by atoms with Crippen LogP contribution in [-0.4, -0.2) is 0 Å². The lowest BCUT2D eigenvalue weighted by Gasteiger charge is -2.22. The molecule has 0 aliphatic carbocycles. The third kappa shape index (κ3) is 3.72. The zero-order valence-corrected chi connectivity index (χ0v) is 16.6. The monoisotopic (exact) mass is 370 g/mol. The topological polar surface area (TPSA) is 9.23 Å². The molecule has 0 N–H and O–H groups in total. The molecule has 0 bridgehead atoms. The van der Waals surface area contributed by atoms with Crippen LogP contribution in [0.3, 0.4) is 0 Å². The summed E-state index contributed by atoms with van der Waals surface area (Å²) in [4.78, 5) is 1.15. The third-order valence-corrected chi connectivity index (χ3v) is 5.61. The first kappa shape index (κ1) is 17.7. The Balaban J connectivity index is 1.92. The zero-order chi connectivity index (χ0) is 18.8. The molecule has 3 aromatic carbocycles. The fourth-order valence-corrected chi connectivity index (χ4v) is 3.98. The quantitative estimate of drug-likeness (QED) is 0.451. The summed E-state index contributed by atoms with van der Waals surface area (Å²) >= 11 is 1.43. The molecule has 1 aliphatic rings. The van der Waals surface area contributed by atoms with Gasteiger partial charge in [-0.05, 0) is 37.5 Å². The SMILES string of the molecule is Cc1ccc(C2=COSC(c3ccc(C)cc3)=C2c2ccc(C)cc2)cc1. The van der Waals surface area contributed by atoms with Crippen LogP contribution in [0, 0.1) is 20.8 Å². The molecule has 0 spiro atoms. The average molecular weight is 371 g/mol. The van der Waals surface area contributed by atoms with Crippen LogP contribution in [-0.2, 0) is 4.18 Å². The highest BCUT2D eigenvalue weighted by Gasteiger charge is 2.23. The fourth-order valence-electron chi connectivity index (χ4n) is 3.19. The molecule has 1 nitrogen and oxygen atoms in total. The Kier molecular flexibility index (Phi) is 4.91. The smallest absolute Gasteiger partial charge is 0.110 e. The van der Waals surface area contributed by atoms with Crippen molar-refractivity contribution in [3.63, 3.8) is 0 Å². The predicted octanol–water partition coefficient (Wildman–Crippen LogP) is 7.20. The second-order valence-corrected chi connectivity index (χ2v) is 7.78. The van der Waals surface area contributed by atoms with Gasteiger partial charge in [0.1, 0.15) is 6.26 Å². The van der Waals surface area contributed by atoms with E-state index in [1.165, 1.54) is 51.0 Å². The number of aryl methyl sites for hydroxylation is 3. The molecule has 0 saturated heterocycles. The van der Waals surface area contributed by atoms with Crippen LogP contribution in [0.4, 0.5) is 0 Å². The fraction of sp³-hybridized carbons (Fsp3) is 0.120. The lowest BCUT2D eigenvalue weighted by atomic mass is 9.90. The highest BCUT2D eigenvalue weighted by molar-refractivity contribution is 8.04. The average Bonchev–Trinajstić information content (AvgIpc) is 2.69. The van der Waals surface area contributed by atoms with Crippen LogP contribution in [0.5, 0.6) is 0 Å². The highest BCUT2D eigenvalue weighted by atomic mass is 32.2. The Morgan fingerprint density at radius 1 is 0.556 bits per heavy atom. The summed E-state index contributed by atoms with van der Waals surface area (Å²) in [5, 5.41) is 0. The van der Waals surface area contributed by atoms with E-state index >= 15 is 0 Å². The zero-order valence-electron chi connectivity index (χ0n) is 15.8. The molecule has 0 aromatic heterocycles. The lowest BCUT2D eigenvalue weighted by Crippen LogP contribution is -1.99. The Bertz CT molecular complexity index is 1010. The molecule has 0 radical (unpaired) electrons. The summed E-state index contributed by atoms with van der Waals surface area (Å²) < 4.78 is 5.84. The van der Waals surface area contributed by atoms with Gasteiger partial charge in [-0.1, -0.05) is 89.5 Å². The summed E-state index contributed by atoms with van der Waals surface area (Å²) in [7, 11) is 0. The Morgan fingerprint density at radius 2 is 1.00 bits per heavy atom. The molecule has 1 aliphatic heterocycles. The van der Waals surface area contributed by atoms with E-state index < -0.39 is 0 Å². The molecule has 1 heterocycles. The second kappa shape index (κ2) is 7.50. The minimum atomic E-state index is 1.12. The number of hydrogen-bond acceptors (Lipinski definition) is 2. The van der Waals surface area contributed by atoms with Crippen LogP contribution in [0.15, 0.2) is 79.1 Å². The van der Waals surface area contributed by atoms with Crippen LogP contribution in [0.2, 0.25) is 0 Å². The van der Waals surface area contributed by atoms with Crippen LogP contribution >= 0.6 is 12.0 Å². The second-order valence-electron chi connectivity index (χ2n) is 7.01. The molecule has 0 unspecified atom stereocenters. The van der Waals surface area contributed by atoms with Gasteiger partial charge in [0.15, 0.2) is 0 Å². The molecular formula is C25H22OS. The van der Waals surface area contributed by atoms with Crippen molar-refractivity contribution in [3.05, 3.63) is 112 Å². The van der Waals surface area contributed by atoms with Crippen molar-refractivity contribution >= 4 is 28.1 Å². The van der Waals surface area contributed by atoms with E-state index in [9.17, 15) is 0 Å². The summed E-state index contributed by atoms with van der Waals surface area (Å²) in [6.45, 7) is 6.34. The maximum absolute atomic E-state index is 5.84. The molecule has 0 fully saturated rings. The number of allylic oxidation sites excluding steroid dienone is 2. The minimum absolute atomic E-state index is 1.12. The largest absolute Gasteiger partial charge is 0.428 e. The van der Waals surface area contributed by atoms with Gasteiger partial charge in [-0.15, -0.1) is 0 Å². The normalized spacial score (nSPS) is 14.0. The van der Waals surface area contributed by atoms with Crippen molar-refractivity contribution in [2.45, 2.75) is 20.8 Å². The molecule has 4 rings (SSSR count). The number of hydrogen-bond donors (Lipinski definition) is 0. The molecule has 0 amide bonds. The van der Waals surface area contributed by atoms with E-state index in [4.69, 9.17) is 4.18 Å². The first-order valence-corrected chi connectivity index (χ1v) is 9.85. The standard InChI is InChI=1S/C25H22OS/c1-17-4-10-20(11-5-17)23-16-26-27-25(22-14-8-19(3)9-15-22)24(23)21-12-6-18(2)7-13-21/h4-16H,1-3H3. The first-order valence-electron chi connectivity index (χ1n) is 9.11. The molecule has 0 atom stereocenters. The van der Waals surface area contributed by atoms with E-state index in [0.717, 1.165) is 10.5 Å². The van der Waals surface area contributed by atoms with E-state index in [-0.39, 0.29) is 0 Å². The van der Waals surface area contributed by atoms with Crippen molar-refractivity contribution in [1.29, 1.82) is 0 Å². The maximum atomic E-state index is 5.84. The van der Waals surface area contributed by atoms with Crippen molar-refractivity contribution in [2.24, 2.45) is 0 Å². The third-order valence-electron chi connectivity index (χ3n) is 4.81. The van der Waals surface area contributed by atoms with Gasteiger partial charge < -0.3 is 4.18 Å². The predicted molar refractivity (Wildman–Crippen MR) is 117 cm³/mol. The Labute approximate surface area is 165 Å². The highest BCUT2D eigenvalue weighted by Crippen LogP contribution is 2.46. The minimum Gasteiger partial charge on any atom is -0.428 e. The van der Waals surface area contributed by atoms with E-state index in [2.05, 4.69) is 93.6 Å². The first-order chi connectivity index (χ1) is 13.1. The van der Waals surface area contributed by atoms with Gasteiger partial charge in [0.25, 0.3) is 0 Å². The Hall–Kier alpha value is -2.71. The summed E-state index contributed by atoms with van der Waals surface area (Å²) in [6, 6.07) is 26.0. The number of rotatable bonds is 3. The number of benzene rings is 3. The summed E-state index contributed by atoms with van der Waals surface area (Å²) in [6.07, 6.45) is 1.88. The molecule has 3 aromatic rings. The molecule has 27 heavy (non-hydrogen) atoms. The summed E-state index contributed by atoms with van der Waals surface area (Å²) in [5.41, 5.74) is 9.67. The van der Waals surface area contributed by atoms with Crippen molar-refractivity contribution in [3.8, 4) is 0 Å². The van der Waals surface area contributed by atoms with Gasteiger partial charge in [-0.3, -0.25) is 0 Å². The van der Waals surface area contributed by atoms with E-state index in [0.29, 0.717) is 0 Å². The summed E-state index contributed by atoms with van der Waals surface area (Å²) in [5.74, 6) is 0. The van der Waals surface area contributed by atoms with Gasteiger partial charge in [0.2, 0.25) is 0 Å². The molecule has 2 heteroatoms. The van der Waals surface area contributed by atoms with Gasteiger partial charge in [-0.2, -0.15) is 0 Å². The van der Waals surface area contributed by atoms with E-state index in [1.807, 2.05) is 6.26 Å². The lowest BCUT2D eigenvalue weighted by molar-refractivity contribution is 0.574. The van der Waals surface area contributed by atoms with Gasteiger partial charge in [0, 0.05) is 11.1 Å². The Morgan fingerprint density at radius 3 is 1.52 bits per heavy atom. The molecular weight excluding hydrogens is 348 g/mol. The maximum Gasteiger partial charge on any atom is 0.110 e. The van der Waals surface area contributed by atoms with Gasteiger partial charge in [0.05, 0.1) is 16.9 Å².